The zero-order chi connectivity index (χ0) is 16.6. The number of aliphatic carboxylic acids is 1. The molecule has 0 saturated heterocycles. The molecular weight excluding hydrogens is 286 g/mol. The molecule has 0 bridgehead atoms. The summed E-state index contributed by atoms with van der Waals surface area (Å²) in [5.41, 5.74) is 2.30. The van der Waals surface area contributed by atoms with Crippen molar-refractivity contribution in [3.63, 3.8) is 0 Å². The fourth-order valence-corrected chi connectivity index (χ4v) is 3.27. The molecular formula is C20H21NO2. The molecule has 0 amide bonds. The van der Waals surface area contributed by atoms with Crippen molar-refractivity contribution in [2.75, 3.05) is 0 Å². The van der Waals surface area contributed by atoms with Gasteiger partial charge in [0, 0.05) is 24.7 Å². The lowest BCUT2D eigenvalue weighted by atomic mass is 9.71. The van der Waals surface area contributed by atoms with Gasteiger partial charge in [-0.1, -0.05) is 36.4 Å². The van der Waals surface area contributed by atoms with Crippen LogP contribution >= 0.6 is 0 Å². The number of aromatic nitrogens is 1. The lowest BCUT2D eigenvalue weighted by Crippen LogP contribution is -2.32. The predicted octanol–water partition coefficient (Wildman–Crippen LogP) is 4.42. The van der Waals surface area contributed by atoms with Crippen LogP contribution in [0.3, 0.4) is 0 Å². The Kier molecular flexibility index (Phi) is 3.72. The summed E-state index contributed by atoms with van der Waals surface area (Å²) in [5.74, 6) is -0.995. The summed E-state index contributed by atoms with van der Waals surface area (Å²) in [6.07, 6.45) is 2.02. The maximum absolute atomic E-state index is 11.9. The summed E-state index contributed by atoms with van der Waals surface area (Å²) in [5, 5.41) is 10.9. The van der Waals surface area contributed by atoms with E-state index in [2.05, 4.69) is 22.8 Å². The van der Waals surface area contributed by atoms with Gasteiger partial charge in [0.1, 0.15) is 0 Å². The van der Waals surface area contributed by atoms with Gasteiger partial charge in [-0.3, -0.25) is 4.79 Å². The minimum absolute atomic E-state index is 0.203. The molecule has 1 heterocycles. The molecule has 0 spiro atoms. The molecule has 2 aromatic carbocycles. The zero-order valence-corrected chi connectivity index (χ0v) is 13.7. The molecule has 3 heteroatoms. The largest absolute Gasteiger partial charge is 0.481 e. The Balaban J connectivity index is 2.19. The van der Waals surface area contributed by atoms with Crippen LogP contribution in [0.5, 0.6) is 0 Å². The number of hydrogen-bond donors (Lipinski definition) is 1. The quantitative estimate of drug-likeness (QED) is 0.775. The maximum atomic E-state index is 11.9. The third kappa shape index (κ3) is 2.63. The second kappa shape index (κ2) is 5.58. The number of benzene rings is 2. The molecule has 1 aromatic heterocycles. The summed E-state index contributed by atoms with van der Waals surface area (Å²) < 4.78 is 2.07. The third-order valence-corrected chi connectivity index (χ3v) is 4.65. The van der Waals surface area contributed by atoms with Gasteiger partial charge >= 0.3 is 5.97 Å². The summed E-state index contributed by atoms with van der Waals surface area (Å²) in [6, 6.07) is 18.2. The van der Waals surface area contributed by atoms with Crippen LogP contribution in [0.1, 0.15) is 30.9 Å². The van der Waals surface area contributed by atoms with E-state index < -0.39 is 11.4 Å². The van der Waals surface area contributed by atoms with Crippen LogP contribution in [0, 0.1) is 5.41 Å². The highest BCUT2D eigenvalue weighted by Gasteiger charge is 2.38. The number of aryl methyl sites for hydroxylation is 1. The van der Waals surface area contributed by atoms with Gasteiger partial charge in [0.25, 0.3) is 0 Å². The number of carbonyl (C=O) groups is 1. The van der Waals surface area contributed by atoms with Crippen molar-refractivity contribution in [1.82, 2.24) is 4.57 Å². The van der Waals surface area contributed by atoms with E-state index in [4.69, 9.17) is 0 Å². The van der Waals surface area contributed by atoms with Crippen LogP contribution in [0.2, 0.25) is 0 Å². The van der Waals surface area contributed by atoms with Gasteiger partial charge < -0.3 is 9.67 Å². The van der Waals surface area contributed by atoms with Gasteiger partial charge in [0.05, 0.1) is 5.41 Å². The molecule has 3 aromatic rings. The van der Waals surface area contributed by atoms with E-state index in [1.165, 1.54) is 0 Å². The third-order valence-electron chi connectivity index (χ3n) is 4.65. The predicted molar refractivity (Wildman–Crippen MR) is 92.6 cm³/mol. The zero-order valence-electron chi connectivity index (χ0n) is 13.7. The monoisotopic (exact) mass is 307 g/mol. The molecule has 0 aliphatic carbocycles. The topological polar surface area (TPSA) is 42.2 Å². The lowest BCUT2D eigenvalue weighted by Gasteiger charge is -2.31. The van der Waals surface area contributed by atoms with Gasteiger partial charge in [-0.2, -0.15) is 0 Å². The molecule has 23 heavy (non-hydrogen) atoms. The Morgan fingerprint density at radius 2 is 1.74 bits per heavy atom. The molecule has 3 rings (SSSR count). The standard InChI is InChI=1S/C20H21NO2/c1-20(2,19(22)23)18(14-7-5-4-6-8-14)16-9-10-17-15(13-16)11-12-21(17)3/h4-13,18H,1-3H3,(H,22,23). The fraction of sp³-hybridized carbons (Fsp3) is 0.250. The second-order valence-corrected chi connectivity index (χ2v) is 6.62. The van der Waals surface area contributed by atoms with Crippen LogP contribution in [0.4, 0.5) is 0 Å². The van der Waals surface area contributed by atoms with Crippen molar-refractivity contribution in [3.8, 4) is 0 Å². The molecule has 0 fully saturated rings. The summed E-state index contributed by atoms with van der Waals surface area (Å²) in [6.45, 7) is 3.59. The highest BCUT2D eigenvalue weighted by atomic mass is 16.4. The van der Waals surface area contributed by atoms with E-state index in [0.717, 1.165) is 22.0 Å². The number of rotatable bonds is 4. The number of nitrogens with zero attached hydrogens (tertiary/aromatic N) is 1. The van der Waals surface area contributed by atoms with Crippen molar-refractivity contribution in [2.45, 2.75) is 19.8 Å². The summed E-state index contributed by atoms with van der Waals surface area (Å²) in [4.78, 5) is 11.9. The number of fused-ring (bicyclic) bond motifs is 1. The Morgan fingerprint density at radius 3 is 2.39 bits per heavy atom. The highest BCUT2D eigenvalue weighted by Crippen LogP contribution is 2.41. The lowest BCUT2D eigenvalue weighted by molar-refractivity contribution is -0.147. The first kappa shape index (κ1) is 15.3. The minimum atomic E-state index is -0.899. The molecule has 0 aliphatic rings. The van der Waals surface area contributed by atoms with Gasteiger partial charge in [-0.05, 0) is 48.6 Å². The molecule has 0 saturated carbocycles. The van der Waals surface area contributed by atoms with Gasteiger partial charge in [0.2, 0.25) is 0 Å². The molecule has 1 N–H and O–H groups in total. The molecule has 0 aliphatic heterocycles. The first-order valence-electron chi connectivity index (χ1n) is 7.74. The van der Waals surface area contributed by atoms with Crippen LogP contribution in [0.15, 0.2) is 60.8 Å². The summed E-state index contributed by atoms with van der Waals surface area (Å²) in [7, 11) is 2.01. The Hall–Kier alpha value is -2.55. The van der Waals surface area contributed by atoms with Crippen molar-refractivity contribution >= 4 is 16.9 Å². The van der Waals surface area contributed by atoms with Crippen molar-refractivity contribution < 1.29 is 9.90 Å². The van der Waals surface area contributed by atoms with Crippen LogP contribution < -0.4 is 0 Å². The smallest absolute Gasteiger partial charge is 0.310 e. The van der Waals surface area contributed by atoms with Crippen LogP contribution in [-0.4, -0.2) is 15.6 Å². The van der Waals surface area contributed by atoms with E-state index in [0.29, 0.717) is 0 Å². The molecule has 0 radical (unpaired) electrons. The Morgan fingerprint density at radius 1 is 1.04 bits per heavy atom. The van der Waals surface area contributed by atoms with E-state index in [9.17, 15) is 9.90 Å². The molecule has 118 valence electrons. The maximum Gasteiger partial charge on any atom is 0.310 e. The first-order valence-corrected chi connectivity index (χ1v) is 7.74. The van der Waals surface area contributed by atoms with Gasteiger partial charge in [-0.15, -0.1) is 0 Å². The minimum Gasteiger partial charge on any atom is -0.481 e. The molecule has 1 atom stereocenters. The fourth-order valence-electron chi connectivity index (χ4n) is 3.27. The number of carboxylic acid groups (broad SMARTS) is 1. The highest BCUT2D eigenvalue weighted by molar-refractivity contribution is 5.82. The van der Waals surface area contributed by atoms with E-state index in [1.54, 1.807) is 13.8 Å². The number of hydrogen-bond acceptors (Lipinski definition) is 1. The van der Waals surface area contributed by atoms with E-state index in [-0.39, 0.29) is 5.92 Å². The number of carboxylic acids is 1. The van der Waals surface area contributed by atoms with Gasteiger partial charge in [-0.25, -0.2) is 0 Å². The van der Waals surface area contributed by atoms with Crippen LogP contribution in [0.25, 0.3) is 10.9 Å². The molecule has 3 nitrogen and oxygen atoms in total. The SMILES string of the molecule is Cn1ccc2cc(C(c3ccccc3)C(C)(C)C(=O)O)ccc21. The normalized spacial score (nSPS) is 13.2. The van der Waals surface area contributed by atoms with Crippen LogP contribution in [-0.2, 0) is 11.8 Å². The van der Waals surface area contributed by atoms with E-state index in [1.807, 2.05) is 49.6 Å². The molecule has 1 unspecified atom stereocenters. The average Bonchev–Trinajstić information content (AvgIpc) is 2.89. The Bertz CT molecular complexity index is 846. The Labute approximate surface area is 136 Å². The van der Waals surface area contributed by atoms with Gasteiger partial charge in [0.15, 0.2) is 0 Å². The second-order valence-electron chi connectivity index (χ2n) is 6.62. The van der Waals surface area contributed by atoms with Crippen molar-refractivity contribution in [1.29, 1.82) is 0 Å². The summed E-state index contributed by atoms with van der Waals surface area (Å²) >= 11 is 0. The first-order chi connectivity index (χ1) is 10.9. The average molecular weight is 307 g/mol. The van der Waals surface area contributed by atoms with Crippen molar-refractivity contribution in [2.24, 2.45) is 12.5 Å². The van der Waals surface area contributed by atoms with E-state index >= 15 is 0 Å². The van der Waals surface area contributed by atoms with Crippen molar-refractivity contribution in [3.05, 3.63) is 71.9 Å².